The Bertz CT molecular complexity index is 683. The van der Waals surface area contributed by atoms with Crippen LogP contribution in [0.2, 0.25) is 0 Å². The molecule has 1 aromatic carbocycles. The van der Waals surface area contributed by atoms with Gasteiger partial charge >= 0.3 is 0 Å². The third-order valence-corrected chi connectivity index (χ3v) is 5.92. The number of hydrogen-bond acceptors (Lipinski definition) is 3. The van der Waals surface area contributed by atoms with E-state index >= 15 is 0 Å². The van der Waals surface area contributed by atoms with Crippen LogP contribution in [0, 0.1) is 5.92 Å². The van der Waals surface area contributed by atoms with Gasteiger partial charge < -0.3 is 11.1 Å². The zero-order valence-electron chi connectivity index (χ0n) is 14.1. The number of benzene rings is 1. The van der Waals surface area contributed by atoms with Gasteiger partial charge in [-0.15, -0.1) is 6.58 Å². The monoisotopic (exact) mass is 350 g/mol. The standard InChI is InChI=1S/C17H26N4O2S/c1-3-10-19-17(18)20-12-15-6-8-16(9-7-15)24(22,23)21-11-4-5-14(2)13-21/h3,6-9,14H,1,4-5,10-13H2,2H3,(H3,18,19,20). The lowest BCUT2D eigenvalue weighted by Gasteiger charge is -2.30. The van der Waals surface area contributed by atoms with Gasteiger partial charge in [0.15, 0.2) is 5.96 Å². The Balaban J connectivity index is 2.04. The second-order valence-corrected chi connectivity index (χ2v) is 8.06. The first-order chi connectivity index (χ1) is 11.4. The van der Waals surface area contributed by atoms with Crippen molar-refractivity contribution in [3.05, 3.63) is 42.5 Å². The first-order valence-electron chi connectivity index (χ1n) is 8.17. The molecule has 24 heavy (non-hydrogen) atoms. The van der Waals surface area contributed by atoms with Crippen LogP contribution in [0.5, 0.6) is 0 Å². The lowest BCUT2D eigenvalue weighted by Crippen LogP contribution is -2.39. The number of hydrogen-bond donors (Lipinski definition) is 2. The molecule has 0 aromatic heterocycles. The normalized spacial score (nSPS) is 19.9. The van der Waals surface area contributed by atoms with Crippen LogP contribution in [-0.4, -0.2) is 38.3 Å². The molecule has 0 radical (unpaired) electrons. The lowest BCUT2D eigenvalue weighted by molar-refractivity contribution is 0.281. The van der Waals surface area contributed by atoms with E-state index in [0.29, 0.717) is 43.0 Å². The zero-order valence-corrected chi connectivity index (χ0v) is 14.9. The van der Waals surface area contributed by atoms with Crippen molar-refractivity contribution in [3.8, 4) is 0 Å². The molecule has 0 bridgehead atoms. The minimum atomic E-state index is -3.41. The highest BCUT2D eigenvalue weighted by molar-refractivity contribution is 7.89. The number of rotatable bonds is 6. The smallest absolute Gasteiger partial charge is 0.243 e. The van der Waals surface area contributed by atoms with Crippen LogP contribution in [0.25, 0.3) is 0 Å². The van der Waals surface area contributed by atoms with Gasteiger partial charge in [0, 0.05) is 19.6 Å². The van der Waals surface area contributed by atoms with Crippen LogP contribution in [-0.2, 0) is 16.6 Å². The van der Waals surface area contributed by atoms with E-state index in [1.165, 1.54) is 0 Å². The molecule has 0 saturated carbocycles. The van der Waals surface area contributed by atoms with Crippen LogP contribution in [0.15, 0.2) is 46.8 Å². The Labute approximate surface area is 144 Å². The third-order valence-electron chi connectivity index (χ3n) is 4.04. The third kappa shape index (κ3) is 4.82. The molecule has 1 atom stereocenters. The lowest BCUT2D eigenvalue weighted by atomic mass is 10.0. The topological polar surface area (TPSA) is 87.8 Å². The first-order valence-corrected chi connectivity index (χ1v) is 9.61. The summed E-state index contributed by atoms with van der Waals surface area (Å²) in [6, 6.07) is 6.86. The second-order valence-electron chi connectivity index (χ2n) is 6.13. The highest BCUT2D eigenvalue weighted by Crippen LogP contribution is 2.23. The molecular weight excluding hydrogens is 324 g/mol. The van der Waals surface area contributed by atoms with Gasteiger partial charge in [-0.25, -0.2) is 13.4 Å². The molecule has 0 amide bonds. The fourth-order valence-electron chi connectivity index (χ4n) is 2.69. The number of nitrogens with zero attached hydrogens (tertiary/aromatic N) is 2. The van der Waals surface area contributed by atoms with E-state index in [1.807, 2.05) is 0 Å². The number of sulfonamides is 1. The minimum Gasteiger partial charge on any atom is -0.370 e. The Morgan fingerprint density at radius 2 is 2.17 bits per heavy atom. The van der Waals surface area contributed by atoms with Crippen LogP contribution in [0.3, 0.4) is 0 Å². The summed E-state index contributed by atoms with van der Waals surface area (Å²) in [7, 11) is -3.41. The average molecular weight is 350 g/mol. The number of aliphatic imine (C=N–C) groups is 1. The quantitative estimate of drug-likeness (QED) is 0.464. The molecule has 1 unspecified atom stereocenters. The summed E-state index contributed by atoms with van der Waals surface area (Å²) in [5, 5.41) is 2.89. The molecule has 0 aliphatic carbocycles. The summed E-state index contributed by atoms with van der Waals surface area (Å²) in [6.07, 6.45) is 3.71. The maximum atomic E-state index is 12.7. The molecule has 3 N–H and O–H groups in total. The number of nitrogens with one attached hydrogen (secondary N) is 1. The van der Waals surface area contributed by atoms with Crippen molar-refractivity contribution >= 4 is 16.0 Å². The molecule has 132 valence electrons. The predicted octanol–water partition coefficient (Wildman–Crippen LogP) is 1.70. The van der Waals surface area contributed by atoms with Crippen molar-refractivity contribution in [2.45, 2.75) is 31.2 Å². The Kier molecular flexibility index (Phi) is 6.39. The molecule has 1 aliphatic rings. The summed E-state index contributed by atoms with van der Waals surface area (Å²) in [5.74, 6) is 0.752. The SMILES string of the molecule is C=CCNC(N)=NCc1ccc(S(=O)(=O)N2CCCC(C)C2)cc1. The van der Waals surface area contributed by atoms with Crippen molar-refractivity contribution in [1.29, 1.82) is 0 Å². The number of nitrogens with two attached hydrogens (primary N) is 1. The summed E-state index contributed by atoms with van der Waals surface area (Å²) in [4.78, 5) is 4.53. The van der Waals surface area contributed by atoms with Crippen LogP contribution in [0.4, 0.5) is 0 Å². The van der Waals surface area contributed by atoms with Gasteiger partial charge in [-0.3, -0.25) is 0 Å². The van der Waals surface area contributed by atoms with Crippen molar-refractivity contribution < 1.29 is 8.42 Å². The van der Waals surface area contributed by atoms with Gasteiger partial charge in [0.05, 0.1) is 11.4 Å². The molecule has 0 spiro atoms. The second kappa shape index (κ2) is 8.30. The summed E-state index contributed by atoms with van der Waals surface area (Å²) in [6.45, 7) is 7.84. The summed E-state index contributed by atoms with van der Waals surface area (Å²) in [5.41, 5.74) is 6.61. The fourth-order valence-corrected chi connectivity index (χ4v) is 4.29. The number of guanidine groups is 1. The van der Waals surface area contributed by atoms with Crippen LogP contribution < -0.4 is 11.1 Å². The molecule has 1 aromatic rings. The van der Waals surface area contributed by atoms with Crippen molar-refractivity contribution in [1.82, 2.24) is 9.62 Å². The van der Waals surface area contributed by atoms with E-state index in [-0.39, 0.29) is 0 Å². The van der Waals surface area contributed by atoms with Gasteiger partial charge in [-0.2, -0.15) is 4.31 Å². The Morgan fingerprint density at radius 1 is 1.46 bits per heavy atom. The van der Waals surface area contributed by atoms with E-state index in [0.717, 1.165) is 18.4 Å². The van der Waals surface area contributed by atoms with E-state index in [1.54, 1.807) is 34.6 Å². The van der Waals surface area contributed by atoms with Gasteiger partial charge in [0.2, 0.25) is 10.0 Å². The van der Waals surface area contributed by atoms with E-state index < -0.39 is 10.0 Å². The molecule has 7 heteroatoms. The van der Waals surface area contributed by atoms with E-state index in [4.69, 9.17) is 5.73 Å². The largest absolute Gasteiger partial charge is 0.370 e. The zero-order chi connectivity index (χ0) is 17.6. The first kappa shape index (κ1) is 18.5. The molecule has 1 aliphatic heterocycles. The van der Waals surface area contributed by atoms with Gasteiger partial charge in [0.1, 0.15) is 0 Å². The van der Waals surface area contributed by atoms with Crippen molar-refractivity contribution in [2.24, 2.45) is 16.6 Å². The molecular formula is C17H26N4O2S. The van der Waals surface area contributed by atoms with Crippen molar-refractivity contribution in [2.75, 3.05) is 19.6 Å². The highest BCUT2D eigenvalue weighted by atomic mass is 32.2. The Morgan fingerprint density at radius 3 is 2.79 bits per heavy atom. The van der Waals surface area contributed by atoms with Gasteiger partial charge in [-0.1, -0.05) is 25.1 Å². The van der Waals surface area contributed by atoms with Gasteiger partial charge in [-0.05, 0) is 36.5 Å². The molecule has 1 fully saturated rings. The van der Waals surface area contributed by atoms with Gasteiger partial charge in [0.25, 0.3) is 0 Å². The summed E-state index contributed by atoms with van der Waals surface area (Å²) >= 11 is 0. The summed E-state index contributed by atoms with van der Waals surface area (Å²) < 4.78 is 27.0. The molecule has 2 rings (SSSR count). The van der Waals surface area contributed by atoms with Crippen LogP contribution >= 0.6 is 0 Å². The Hall–Kier alpha value is -1.86. The predicted molar refractivity (Wildman–Crippen MR) is 97.1 cm³/mol. The number of piperidine rings is 1. The molecule has 1 heterocycles. The maximum Gasteiger partial charge on any atom is 0.243 e. The van der Waals surface area contributed by atoms with E-state index in [9.17, 15) is 8.42 Å². The van der Waals surface area contributed by atoms with Crippen LogP contribution in [0.1, 0.15) is 25.3 Å². The minimum absolute atomic E-state index is 0.335. The molecule has 1 saturated heterocycles. The van der Waals surface area contributed by atoms with Crippen molar-refractivity contribution in [3.63, 3.8) is 0 Å². The fraction of sp³-hybridized carbons (Fsp3) is 0.471. The van der Waals surface area contributed by atoms with E-state index in [2.05, 4.69) is 23.8 Å². The maximum absolute atomic E-state index is 12.7. The highest BCUT2D eigenvalue weighted by Gasteiger charge is 2.28. The average Bonchev–Trinajstić information content (AvgIpc) is 2.58. The molecule has 6 nitrogen and oxygen atoms in total.